The van der Waals surface area contributed by atoms with Crippen LogP contribution >= 0.6 is 15.9 Å². The molecule has 0 radical (unpaired) electrons. The van der Waals surface area contributed by atoms with Crippen LogP contribution in [0.4, 0.5) is 10.1 Å². The molecule has 0 bridgehead atoms. The van der Waals surface area contributed by atoms with E-state index in [1.54, 1.807) is 12.1 Å². The Morgan fingerprint density at radius 3 is 2.76 bits per heavy atom. The second kappa shape index (κ2) is 5.80. The number of nitrogens with one attached hydrogen (secondary N) is 1. The Kier molecular flexibility index (Phi) is 4.03. The van der Waals surface area contributed by atoms with Crippen LogP contribution in [0, 0.1) is 5.82 Å². The summed E-state index contributed by atoms with van der Waals surface area (Å²) in [6, 6.07) is 11.5. The van der Waals surface area contributed by atoms with Crippen LogP contribution < -0.4 is 5.32 Å². The van der Waals surface area contributed by atoms with Crippen LogP contribution in [0.25, 0.3) is 0 Å². The fraction of sp³-hybridized carbons (Fsp3) is 0.333. The first-order chi connectivity index (χ1) is 10.0. The maximum atomic E-state index is 13.4. The predicted molar refractivity (Wildman–Crippen MR) is 89.3 cm³/mol. The SMILES string of the molecule is CC(C)c1cc(Br)cc2c1NC(c1cccc(F)c1)CC2. The van der Waals surface area contributed by atoms with E-state index in [0.29, 0.717) is 5.92 Å². The van der Waals surface area contributed by atoms with E-state index in [9.17, 15) is 4.39 Å². The summed E-state index contributed by atoms with van der Waals surface area (Å²) in [5.74, 6) is 0.287. The van der Waals surface area contributed by atoms with Gasteiger partial charge in [0.25, 0.3) is 0 Å². The average Bonchev–Trinajstić information content (AvgIpc) is 2.45. The highest BCUT2D eigenvalue weighted by Gasteiger charge is 2.23. The van der Waals surface area contributed by atoms with E-state index in [2.05, 4.69) is 47.2 Å². The van der Waals surface area contributed by atoms with Crippen molar-refractivity contribution in [2.45, 2.75) is 38.6 Å². The van der Waals surface area contributed by atoms with Crippen LogP contribution in [0.5, 0.6) is 0 Å². The average molecular weight is 348 g/mol. The van der Waals surface area contributed by atoms with Crippen molar-refractivity contribution in [2.75, 3.05) is 5.32 Å². The van der Waals surface area contributed by atoms with Gasteiger partial charge in [-0.3, -0.25) is 0 Å². The molecule has 0 fully saturated rings. The van der Waals surface area contributed by atoms with E-state index < -0.39 is 0 Å². The lowest BCUT2D eigenvalue weighted by Crippen LogP contribution is -2.20. The maximum absolute atomic E-state index is 13.4. The summed E-state index contributed by atoms with van der Waals surface area (Å²) in [5.41, 5.74) is 4.92. The molecule has 21 heavy (non-hydrogen) atoms. The molecule has 1 atom stereocenters. The normalized spacial score (nSPS) is 17.5. The lowest BCUT2D eigenvalue weighted by molar-refractivity contribution is 0.613. The third-order valence-corrected chi connectivity index (χ3v) is 4.57. The van der Waals surface area contributed by atoms with Crippen molar-refractivity contribution in [1.29, 1.82) is 0 Å². The maximum Gasteiger partial charge on any atom is 0.123 e. The Labute approximate surface area is 133 Å². The molecule has 0 saturated carbocycles. The van der Waals surface area contributed by atoms with Gasteiger partial charge in [0.15, 0.2) is 0 Å². The minimum atomic E-state index is -0.167. The van der Waals surface area contributed by atoms with Gasteiger partial charge in [0.1, 0.15) is 5.82 Å². The van der Waals surface area contributed by atoms with Crippen molar-refractivity contribution in [2.24, 2.45) is 0 Å². The van der Waals surface area contributed by atoms with Crippen molar-refractivity contribution in [3.8, 4) is 0 Å². The van der Waals surface area contributed by atoms with Gasteiger partial charge < -0.3 is 5.32 Å². The van der Waals surface area contributed by atoms with Crippen LogP contribution in [0.1, 0.15) is 48.9 Å². The number of halogens is 2. The molecule has 0 aliphatic carbocycles. The molecular weight excluding hydrogens is 329 g/mol. The summed E-state index contributed by atoms with van der Waals surface area (Å²) in [7, 11) is 0. The zero-order valence-electron chi connectivity index (χ0n) is 12.3. The highest BCUT2D eigenvalue weighted by Crippen LogP contribution is 2.39. The summed E-state index contributed by atoms with van der Waals surface area (Å²) < 4.78 is 14.6. The van der Waals surface area contributed by atoms with Gasteiger partial charge in [0.05, 0.1) is 6.04 Å². The standard InChI is InChI=1S/C18H19BrFN/c1-11(2)16-10-14(19)8-13-6-7-17(21-18(13)16)12-4-3-5-15(20)9-12/h3-5,8-11,17,21H,6-7H2,1-2H3. The van der Waals surface area contributed by atoms with Gasteiger partial charge in [-0.25, -0.2) is 4.39 Å². The first kappa shape index (κ1) is 14.6. The molecule has 0 aromatic heterocycles. The Morgan fingerprint density at radius 2 is 2.05 bits per heavy atom. The zero-order valence-corrected chi connectivity index (χ0v) is 13.9. The summed E-state index contributed by atoms with van der Waals surface area (Å²) in [4.78, 5) is 0. The molecule has 0 amide bonds. The third-order valence-electron chi connectivity index (χ3n) is 4.11. The number of fused-ring (bicyclic) bond motifs is 1. The highest BCUT2D eigenvalue weighted by molar-refractivity contribution is 9.10. The van der Waals surface area contributed by atoms with Crippen LogP contribution in [-0.4, -0.2) is 0 Å². The molecule has 1 aliphatic heterocycles. The zero-order chi connectivity index (χ0) is 15.0. The number of aryl methyl sites for hydroxylation is 1. The Morgan fingerprint density at radius 1 is 1.24 bits per heavy atom. The van der Waals surface area contributed by atoms with E-state index in [1.807, 2.05) is 6.07 Å². The summed E-state index contributed by atoms with van der Waals surface area (Å²) in [6.45, 7) is 4.41. The van der Waals surface area contributed by atoms with Gasteiger partial charge in [0, 0.05) is 10.2 Å². The van der Waals surface area contributed by atoms with Crippen molar-refractivity contribution in [3.63, 3.8) is 0 Å². The molecule has 1 N–H and O–H groups in total. The minimum Gasteiger partial charge on any atom is -0.378 e. The number of hydrogen-bond acceptors (Lipinski definition) is 1. The molecule has 1 nitrogen and oxygen atoms in total. The first-order valence-electron chi connectivity index (χ1n) is 7.39. The Balaban J connectivity index is 1.98. The quantitative estimate of drug-likeness (QED) is 0.722. The van der Waals surface area contributed by atoms with E-state index >= 15 is 0 Å². The Hall–Kier alpha value is -1.35. The monoisotopic (exact) mass is 347 g/mol. The van der Waals surface area contributed by atoms with Crippen molar-refractivity contribution in [1.82, 2.24) is 0 Å². The first-order valence-corrected chi connectivity index (χ1v) is 8.18. The minimum absolute atomic E-state index is 0.167. The van der Waals surface area contributed by atoms with Crippen molar-refractivity contribution < 1.29 is 4.39 Å². The van der Waals surface area contributed by atoms with E-state index in [-0.39, 0.29) is 11.9 Å². The molecule has 2 aromatic carbocycles. The molecule has 2 aromatic rings. The van der Waals surface area contributed by atoms with E-state index in [0.717, 1.165) is 22.9 Å². The lowest BCUT2D eigenvalue weighted by Gasteiger charge is -2.30. The summed E-state index contributed by atoms with van der Waals surface area (Å²) in [5, 5.41) is 3.63. The van der Waals surface area contributed by atoms with Crippen LogP contribution in [0.3, 0.4) is 0 Å². The largest absolute Gasteiger partial charge is 0.378 e. The molecule has 3 rings (SSSR count). The van der Waals surface area contributed by atoms with Gasteiger partial charge in [0.2, 0.25) is 0 Å². The van der Waals surface area contributed by atoms with Crippen LogP contribution in [-0.2, 0) is 6.42 Å². The van der Waals surface area contributed by atoms with E-state index in [4.69, 9.17) is 0 Å². The predicted octanol–water partition coefficient (Wildman–Crippen LogP) is 5.81. The topological polar surface area (TPSA) is 12.0 Å². The molecule has 1 aliphatic rings. The van der Waals surface area contributed by atoms with Gasteiger partial charge in [-0.05, 0) is 59.7 Å². The molecular formula is C18H19BrFN. The smallest absolute Gasteiger partial charge is 0.123 e. The number of hydrogen-bond donors (Lipinski definition) is 1. The van der Waals surface area contributed by atoms with Gasteiger partial charge in [-0.2, -0.15) is 0 Å². The van der Waals surface area contributed by atoms with Crippen LogP contribution in [0.15, 0.2) is 40.9 Å². The highest BCUT2D eigenvalue weighted by atomic mass is 79.9. The molecule has 0 saturated heterocycles. The molecule has 1 unspecified atom stereocenters. The number of anilines is 1. The molecule has 3 heteroatoms. The van der Waals surface area contributed by atoms with Gasteiger partial charge in [-0.15, -0.1) is 0 Å². The summed E-state index contributed by atoms with van der Waals surface area (Å²) >= 11 is 3.60. The third kappa shape index (κ3) is 2.98. The lowest BCUT2D eigenvalue weighted by atomic mass is 9.89. The fourth-order valence-corrected chi connectivity index (χ4v) is 3.56. The molecule has 110 valence electrons. The fourth-order valence-electron chi connectivity index (χ4n) is 3.03. The van der Waals surface area contributed by atoms with Crippen molar-refractivity contribution in [3.05, 3.63) is 63.4 Å². The molecule has 0 spiro atoms. The second-order valence-corrected chi connectivity index (χ2v) is 6.89. The van der Waals surface area contributed by atoms with Gasteiger partial charge in [-0.1, -0.05) is 41.9 Å². The van der Waals surface area contributed by atoms with Crippen LogP contribution in [0.2, 0.25) is 0 Å². The number of rotatable bonds is 2. The van der Waals surface area contributed by atoms with Crippen molar-refractivity contribution >= 4 is 21.6 Å². The Bertz CT molecular complexity index is 666. The van der Waals surface area contributed by atoms with Gasteiger partial charge >= 0.3 is 0 Å². The number of benzene rings is 2. The molecule has 1 heterocycles. The van der Waals surface area contributed by atoms with E-state index in [1.165, 1.54) is 22.9 Å². The summed E-state index contributed by atoms with van der Waals surface area (Å²) in [6.07, 6.45) is 2.01. The second-order valence-electron chi connectivity index (χ2n) is 5.97.